The first kappa shape index (κ1) is 11.9. The number of hydrogen-bond donors (Lipinski definition) is 1. The molecule has 0 spiro atoms. The van der Waals surface area contributed by atoms with Gasteiger partial charge in [0.05, 0.1) is 5.41 Å². The van der Waals surface area contributed by atoms with Gasteiger partial charge in [-0.2, -0.15) is 0 Å². The minimum absolute atomic E-state index is 0.215. The Kier molecular flexibility index (Phi) is 3.24. The lowest BCUT2D eigenvalue weighted by molar-refractivity contribution is -0.140. The van der Waals surface area contributed by atoms with Crippen molar-refractivity contribution in [1.82, 2.24) is 4.90 Å². The zero-order chi connectivity index (χ0) is 11.8. The molecule has 2 aliphatic rings. The smallest absolute Gasteiger partial charge is 0.229 e. The minimum Gasteiger partial charge on any atom is -0.345 e. The topological polar surface area (TPSA) is 46.3 Å². The van der Waals surface area contributed by atoms with Gasteiger partial charge >= 0.3 is 0 Å². The van der Waals surface area contributed by atoms with Gasteiger partial charge in [0, 0.05) is 20.1 Å². The molecule has 2 N–H and O–H groups in total. The predicted molar refractivity (Wildman–Crippen MR) is 64.9 cm³/mol. The molecule has 92 valence electrons. The van der Waals surface area contributed by atoms with E-state index >= 15 is 0 Å². The lowest BCUT2D eigenvalue weighted by Gasteiger charge is -2.31. The normalized spacial score (nSPS) is 31.4. The lowest BCUT2D eigenvalue weighted by atomic mass is 9.84. The molecule has 2 rings (SSSR count). The largest absolute Gasteiger partial charge is 0.345 e. The maximum absolute atomic E-state index is 12.4. The van der Waals surface area contributed by atoms with E-state index in [9.17, 15) is 4.79 Å². The molecule has 1 amide bonds. The molecule has 16 heavy (non-hydrogen) atoms. The van der Waals surface area contributed by atoms with Crippen LogP contribution in [0.4, 0.5) is 0 Å². The lowest BCUT2D eigenvalue weighted by Crippen LogP contribution is -2.45. The Morgan fingerprint density at radius 1 is 1.44 bits per heavy atom. The van der Waals surface area contributed by atoms with Gasteiger partial charge in [-0.1, -0.05) is 19.8 Å². The number of hydrogen-bond acceptors (Lipinski definition) is 2. The van der Waals surface area contributed by atoms with Crippen molar-refractivity contribution in [2.75, 3.05) is 20.1 Å². The average molecular weight is 224 g/mol. The van der Waals surface area contributed by atoms with Gasteiger partial charge in [0.1, 0.15) is 0 Å². The maximum atomic E-state index is 12.4. The van der Waals surface area contributed by atoms with Crippen LogP contribution in [0.5, 0.6) is 0 Å². The van der Waals surface area contributed by atoms with E-state index in [-0.39, 0.29) is 5.41 Å². The van der Waals surface area contributed by atoms with Crippen LogP contribution in [-0.2, 0) is 4.79 Å². The zero-order valence-electron chi connectivity index (χ0n) is 10.5. The van der Waals surface area contributed by atoms with Crippen molar-refractivity contribution in [3.05, 3.63) is 0 Å². The Balaban J connectivity index is 1.94. The number of rotatable bonds is 4. The Labute approximate surface area is 98.4 Å². The van der Waals surface area contributed by atoms with Crippen LogP contribution in [0.3, 0.4) is 0 Å². The molecule has 2 aliphatic carbocycles. The quantitative estimate of drug-likeness (QED) is 0.788. The van der Waals surface area contributed by atoms with Crippen molar-refractivity contribution in [3.63, 3.8) is 0 Å². The van der Waals surface area contributed by atoms with E-state index in [4.69, 9.17) is 5.73 Å². The van der Waals surface area contributed by atoms with Crippen LogP contribution in [0, 0.1) is 17.3 Å². The van der Waals surface area contributed by atoms with Crippen molar-refractivity contribution < 1.29 is 4.79 Å². The van der Waals surface area contributed by atoms with Crippen molar-refractivity contribution in [2.24, 2.45) is 23.0 Å². The highest BCUT2D eigenvalue weighted by atomic mass is 16.2. The van der Waals surface area contributed by atoms with E-state index in [0.717, 1.165) is 44.1 Å². The van der Waals surface area contributed by atoms with Crippen LogP contribution < -0.4 is 5.73 Å². The van der Waals surface area contributed by atoms with Gasteiger partial charge in [-0.05, 0) is 31.1 Å². The molecule has 0 bridgehead atoms. The van der Waals surface area contributed by atoms with Gasteiger partial charge in [-0.15, -0.1) is 0 Å². The first-order chi connectivity index (χ1) is 7.59. The molecule has 0 aromatic rings. The second kappa shape index (κ2) is 4.36. The van der Waals surface area contributed by atoms with E-state index in [1.807, 2.05) is 11.9 Å². The van der Waals surface area contributed by atoms with Gasteiger partial charge in [-0.3, -0.25) is 4.79 Å². The third-order valence-electron chi connectivity index (χ3n) is 4.54. The summed E-state index contributed by atoms with van der Waals surface area (Å²) < 4.78 is 0. The van der Waals surface area contributed by atoms with E-state index in [1.165, 1.54) is 6.42 Å². The summed E-state index contributed by atoms with van der Waals surface area (Å²) in [6, 6.07) is 0. The number of carbonyl (C=O) groups is 1. The first-order valence-electron chi connectivity index (χ1n) is 6.55. The standard InChI is InChI=1S/C13H24N2O/c1-10-7-11(10)8-15(2)12(16)13(9-14)5-3-4-6-13/h10-11H,3-9,14H2,1-2H3. The number of amides is 1. The van der Waals surface area contributed by atoms with E-state index in [2.05, 4.69) is 6.92 Å². The second-order valence-electron chi connectivity index (χ2n) is 5.85. The fourth-order valence-corrected chi connectivity index (χ4v) is 3.05. The summed E-state index contributed by atoms with van der Waals surface area (Å²) in [4.78, 5) is 14.4. The number of carbonyl (C=O) groups excluding carboxylic acids is 1. The summed E-state index contributed by atoms with van der Waals surface area (Å²) in [5.41, 5.74) is 5.62. The summed E-state index contributed by atoms with van der Waals surface area (Å²) in [6.07, 6.45) is 5.60. The highest BCUT2D eigenvalue weighted by molar-refractivity contribution is 5.83. The van der Waals surface area contributed by atoms with E-state index in [1.54, 1.807) is 0 Å². The van der Waals surface area contributed by atoms with Gasteiger partial charge in [0.15, 0.2) is 0 Å². The summed E-state index contributed by atoms with van der Waals surface area (Å²) >= 11 is 0. The Morgan fingerprint density at radius 3 is 2.44 bits per heavy atom. The summed E-state index contributed by atoms with van der Waals surface area (Å²) in [5, 5.41) is 0. The Morgan fingerprint density at radius 2 is 2.00 bits per heavy atom. The number of nitrogens with two attached hydrogens (primary N) is 1. The maximum Gasteiger partial charge on any atom is 0.229 e. The zero-order valence-corrected chi connectivity index (χ0v) is 10.5. The van der Waals surface area contributed by atoms with Gasteiger partial charge in [-0.25, -0.2) is 0 Å². The van der Waals surface area contributed by atoms with Gasteiger partial charge in [0.2, 0.25) is 5.91 Å². The highest BCUT2D eigenvalue weighted by Crippen LogP contribution is 2.41. The SMILES string of the molecule is CC1CC1CN(C)C(=O)C1(CN)CCCC1. The fraction of sp³-hybridized carbons (Fsp3) is 0.923. The molecule has 2 atom stereocenters. The average Bonchev–Trinajstić information content (AvgIpc) is 2.82. The highest BCUT2D eigenvalue weighted by Gasteiger charge is 2.43. The molecule has 0 radical (unpaired) electrons. The van der Waals surface area contributed by atoms with Crippen molar-refractivity contribution in [1.29, 1.82) is 0 Å². The second-order valence-corrected chi connectivity index (χ2v) is 5.85. The predicted octanol–water partition coefficient (Wildman–Crippen LogP) is 1.62. The van der Waals surface area contributed by atoms with Crippen molar-refractivity contribution >= 4 is 5.91 Å². The molecular weight excluding hydrogens is 200 g/mol. The molecule has 2 saturated carbocycles. The molecule has 3 nitrogen and oxygen atoms in total. The Bertz CT molecular complexity index is 271. The third-order valence-corrected chi connectivity index (χ3v) is 4.54. The first-order valence-corrected chi connectivity index (χ1v) is 6.55. The summed E-state index contributed by atoms with van der Waals surface area (Å²) in [7, 11) is 1.95. The summed E-state index contributed by atoms with van der Waals surface area (Å²) in [6.45, 7) is 3.72. The van der Waals surface area contributed by atoms with Gasteiger partial charge < -0.3 is 10.6 Å². The molecule has 3 heteroatoms. The molecule has 0 saturated heterocycles. The molecule has 2 unspecified atom stereocenters. The van der Waals surface area contributed by atoms with Crippen LogP contribution in [-0.4, -0.2) is 30.9 Å². The van der Waals surface area contributed by atoms with Crippen molar-refractivity contribution in [2.45, 2.75) is 39.0 Å². The minimum atomic E-state index is -0.215. The molecule has 0 aromatic heterocycles. The van der Waals surface area contributed by atoms with Crippen LogP contribution in [0.25, 0.3) is 0 Å². The van der Waals surface area contributed by atoms with E-state index in [0.29, 0.717) is 12.5 Å². The van der Waals surface area contributed by atoms with E-state index < -0.39 is 0 Å². The van der Waals surface area contributed by atoms with Crippen LogP contribution >= 0.6 is 0 Å². The van der Waals surface area contributed by atoms with Gasteiger partial charge in [0.25, 0.3) is 0 Å². The fourth-order valence-electron chi connectivity index (χ4n) is 3.05. The third kappa shape index (κ3) is 2.10. The molecule has 0 heterocycles. The number of nitrogens with zero attached hydrogens (tertiary/aromatic N) is 1. The monoisotopic (exact) mass is 224 g/mol. The van der Waals surface area contributed by atoms with Crippen molar-refractivity contribution in [3.8, 4) is 0 Å². The molecular formula is C13H24N2O. The molecule has 2 fully saturated rings. The Hall–Kier alpha value is -0.570. The molecule has 0 aliphatic heterocycles. The molecule has 0 aromatic carbocycles. The van der Waals surface area contributed by atoms with Crippen LogP contribution in [0.2, 0.25) is 0 Å². The summed E-state index contributed by atoms with van der Waals surface area (Å²) in [5.74, 6) is 1.85. The van der Waals surface area contributed by atoms with Crippen LogP contribution in [0.15, 0.2) is 0 Å². The van der Waals surface area contributed by atoms with Crippen LogP contribution in [0.1, 0.15) is 39.0 Å².